The molecule has 0 unspecified atom stereocenters. The molecule has 0 bridgehead atoms. The van der Waals surface area contributed by atoms with Crippen molar-refractivity contribution < 1.29 is 0 Å². The Morgan fingerprint density at radius 3 is 2.54 bits per heavy atom. The van der Waals surface area contributed by atoms with Gasteiger partial charge in [-0.25, -0.2) is 0 Å². The number of rotatable bonds is 2. The zero-order valence-corrected chi connectivity index (χ0v) is 9.23. The summed E-state index contributed by atoms with van der Waals surface area (Å²) >= 11 is 0.0612. The molecule has 1 heterocycles. The van der Waals surface area contributed by atoms with E-state index in [0.717, 1.165) is 0 Å². The maximum atomic E-state index is 3.41. The van der Waals surface area contributed by atoms with Crippen LogP contribution >= 0.6 is 20.7 Å². The first-order chi connectivity index (χ1) is 6.45. The van der Waals surface area contributed by atoms with Crippen LogP contribution in [0.15, 0.2) is 52.3 Å². The number of para-hydroxylation sites is 1. The van der Waals surface area contributed by atoms with Gasteiger partial charge in [-0.15, -0.1) is 0 Å². The van der Waals surface area contributed by atoms with Crippen molar-refractivity contribution in [2.45, 2.75) is 0 Å². The molecule has 0 fully saturated rings. The highest BCUT2D eigenvalue weighted by Gasteiger charge is 1.93. The molecule has 0 atom stereocenters. The van der Waals surface area contributed by atoms with Gasteiger partial charge in [0, 0.05) is 5.69 Å². The maximum absolute atomic E-state index is 3.41. The van der Waals surface area contributed by atoms with Gasteiger partial charge in [0.1, 0.15) is 0 Å². The van der Waals surface area contributed by atoms with Crippen molar-refractivity contribution >= 4 is 30.4 Å². The minimum atomic E-state index is 0.0612. The van der Waals surface area contributed by atoms with E-state index in [1.807, 2.05) is 18.2 Å². The van der Waals surface area contributed by atoms with E-state index in [0.29, 0.717) is 0 Å². The van der Waals surface area contributed by atoms with Gasteiger partial charge < -0.3 is 5.32 Å². The second-order valence-electron chi connectivity index (χ2n) is 2.63. The minimum Gasteiger partial charge on any atom is -0.351 e. The molecule has 1 aromatic carbocycles. The van der Waals surface area contributed by atoms with E-state index in [-0.39, 0.29) is 20.7 Å². The Morgan fingerprint density at radius 2 is 1.85 bits per heavy atom. The summed E-state index contributed by atoms with van der Waals surface area (Å²) in [6, 6.07) is 10.3. The molecule has 2 heteroatoms. The maximum Gasteiger partial charge on any atom is 0.0720 e. The Labute approximate surface area is 87.9 Å². The van der Waals surface area contributed by atoms with Crippen molar-refractivity contribution in [2.75, 3.05) is 5.32 Å². The van der Waals surface area contributed by atoms with Crippen LogP contribution in [-0.4, -0.2) is 4.01 Å². The van der Waals surface area contributed by atoms with E-state index in [4.69, 9.17) is 0 Å². The molecule has 1 aliphatic heterocycles. The SMILES string of the molecule is C1=CC=C(Nc2ccccc2)I=C1. The molecule has 0 saturated carbocycles. The van der Waals surface area contributed by atoms with E-state index >= 15 is 0 Å². The zero-order chi connectivity index (χ0) is 8.93. The quantitative estimate of drug-likeness (QED) is 0.648. The molecular formula is C11H10IN. The van der Waals surface area contributed by atoms with Crippen LogP contribution in [0.3, 0.4) is 0 Å². The highest BCUT2D eigenvalue weighted by atomic mass is 127. The van der Waals surface area contributed by atoms with Crippen molar-refractivity contribution in [3.05, 3.63) is 52.3 Å². The molecule has 1 aromatic rings. The molecule has 0 radical (unpaired) electrons. The fourth-order valence-corrected chi connectivity index (χ4v) is 2.77. The van der Waals surface area contributed by atoms with Crippen LogP contribution in [-0.2, 0) is 0 Å². The molecule has 0 aliphatic carbocycles. The molecule has 13 heavy (non-hydrogen) atoms. The van der Waals surface area contributed by atoms with Crippen molar-refractivity contribution in [1.29, 1.82) is 0 Å². The van der Waals surface area contributed by atoms with Gasteiger partial charge in [-0.3, -0.25) is 0 Å². The standard InChI is InChI=1S/C11H10IN/c1-2-6-10(7-3-1)13-11-8-4-5-9-12-11/h1-9,13H. The van der Waals surface area contributed by atoms with Crippen LogP contribution in [0.1, 0.15) is 0 Å². The van der Waals surface area contributed by atoms with Crippen molar-refractivity contribution in [3.8, 4) is 0 Å². The molecule has 1 aliphatic rings. The molecule has 0 aromatic heterocycles. The third kappa shape index (κ3) is 2.52. The molecule has 1 N–H and O–H groups in total. The zero-order valence-electron chi connectivity index (χ0n) is 7.07. The number of allylic oxidation sites excluding steroid dienone is 3. The molecule has 66 valence electrons. The second-order valence-corrected chi connectivity index (χ2v) is 5.13. The monoisotopic (exact) mass is 283 g/mol. The van der Waals surface area contributed by atoms with Gasteiger partial charge in [0.05, 0.1) is 3.70 Å². The summed E-state index contributed by atoms with van der Waals surface area (Å²) in [7, 11) is 0. The Balaban J connectivity index is 2.11. The summed E-state index contributed by atoms with van der Waals surface area (Å²) < 4.78 is 3.61. The van der Waals surface area contributed by atoms with Gasteiger partial charge in [0.2, 0.25) is 0 Å². The normalized spacial score (nSPS) is 14.6. The number of halogens is 1. The fraction of sp³-hybridized carbons (Fsp3) is 0. The van der Waals surface area contributed by atoms with E-state index < -0.39 is 0 Å². The Kier molecular flexibility index (Phi) is 2.92. The Bertz CT molecular complexity index is 363. The third-order valence-corrected chi connectivity index (χ3v) is 3.72. The van der Waals surface area contributed by atoms with Crippen molar-refractivity contribution in [1.82, 2.24) is 0 Å². The van der Waals surface area contributed by atoms with Crippen LogP contribution in [0.25, 0.3) is 0 Å². The molecule has 0 amide bonds. The fourth-order valence-electron chi connectivity index (χ4n) is 1.05. The summed E-state index contributed by atoms with van der Waals surface area (Å²) in [6.07, 6.45) is 6.35. The van der Waals surface area contributed by atoms with Crippen molar-refractivity contribution in [2.24, 2.45) is 0 Å². The predicted octanol–water partition coefficient (Wildman–Crippen LogP) is 3.28. The van der Waals surface area contributed by atoms with Crippen LogP contribution < -0.4 is 5.32 Å². The molecule has 1 nitrogen and oxygen atoms in total. The predicted molar refractivity (Wildman–Crippen MR) is 67.4 cm³/mol. The first-order valence-electron chi connectivity index (χ1n) is 4.11. The molecule has 0 saturated heterocycles. The summed E-state index contributed by atoms with van der Waals surface area (Å²) in [5.41, 5.74) is 1.18. The number of nitrogens with one attached hydrogen (secondary N) is 1. The number of hydrogen-bond donors (Lipinski definition) is 1. The first-order valence-corrected chi connectivity index (χ1v) is 6.43. The lowest BCUT2D eigenvalue weighted by molar-refractivity contribution is 1.57. The Morgan fingerprint density at radius 1 is 1.00 bits per heavy atom. The lowest BCUT2D eigenvalue weighted by atomic mass is 10.3. The van der Waals surface area contributed by atoms with Crippen LogP contribution in [0.5, 0.6) is 0 Å². The lowest BCUT2D eigenvalue weighted by Gasteiger charge is -2.06. The molecule has 2 rings (SSSR count). The van der Waals surface area contributed by atoms with E-state index in [2.05, 4.69) is 39.7 Å². The topological polar surface area (TPSA) is 12.0 Å². The Hall–Kier alpha value is -0.900. The summed E-state index contributed by atoms with van der Waals surface area (Å²) in [5, 5.41) is 3.41. The van der Waals surface area contributed by atoms with Crippen LogP contribution in [0.2, 0.25) is 0 Å². The summed E-state index contributed by atoms with van der Waals surface area (Å²) in [5.74, 6) is 0. The number of hydrogen-bond acceptors (Lipinski definition) is 1. The largest absolute Gasteiger partial charge is 0.351 e. The van der Waals surface area contributed by atoms with E-state index in [1.54, 1.807) is 0 Å². The van der Waals surface area contributed by atoms with Gasteiger partial charge in [0.25, 0.3) is 0 Å². The summed E-state index contributed by atoms with van der Waals surface area (Å²) in [4.78, 5) is 0. The average molecular weight is 283 g/mol. The van der Waals surface area contributed by atoms with E-state index in [1.165, 1.54) is 9.39 Å². The van der Waals surface area contributed by atoms with Crippen molar-refractivity contribution in [3.63, 3.8) is 0 Å². The number of anilines is 1. The van der Waals surface area contributed by atoms with Gasteiger partial charge >= 0.3 is 0 Å². The molecule has 0 spiro atoms. The average Bonchev–Trinajstić information content (AvgIpc) is 2.21. The smallest absolute Gasteiger partial charge is 0.0720 e. The summed E-state index contributed by atoms with van der Waals surface area (Å²) in [6.45, 7) is 0. The first kappa shape index (κ1) is 8.69. The number of benzene rings is 1. The van der Waals surface area contributed by atoms with E-state index in [9.17, 15) is 0 Å². The second kappa shape index (κ2) is 4.37. The van der Waals surface area contributed by atoms with Gasteiger partial charge in [-0.05, 0) is 22.2 Å². The highest BCUT2D eigenvalue weighted by Crippen LogP contribution is 2.19. The lowest BCUT2D eigenvalue weighted by Crippen LogP contribution is -1.93. The van der Waals surface area contributed by atoms with Gasteiger partial charge in [-0.2, -0.15) is 0 Å². The molecular weight excluding hydrogens is 273 g/mol. The van der Waals surface area contributed by atoms with Crippen LogP contribution in [0.4, 0.5) is 5.69 Å². The minimum absolute atomic E-state index is 0.0612. The van der Waals surface area contributed by atoms with Gasteiger partial charge in [0.15, 0.2) is 0 Å². The highest BCUT2D eigenvalue weighted by molar-refractivity contribution is 14.2. The third-order valence-electron chi connectivity index (χ3n) is 1.64. The van der Waals surface area contributed by atoms with Gasteiger partial charge in [-0.1, -0.05) is 51.1 Å². The van der Waals surface area contributed by atoms with Crippen LogP contribution in [0, 0.1) is 0 Å².